The highest BCUT2D eigenvalue weighted by Crippen LogP contribution is 2.19. The van der Waals surface area contributed by atoms with Gasteiger partial charge in [-0.15, -0.1) is 16.4 Å². The number of hydrogen-bond donors (Lipinski definition) is 1. The fourth-order valence-electron chi connectivity index (χ4n) is 1.34. The first-order valence-corrected chi connectivity index (χ1v) is 7.06. The Morgan fingerprint density at radius 1 is 1.53 bits per heavy atom. The highest BCUT2D eigenvalue weighted by atomic mass is 32.2. The SMILES string of the molecule is Cc1ncsc1CCSc1nnnn1CCO. The lowest BCUT2D eigenvalue weighted by Crippen LogP contribution is -2.06. The van der Waals surface area contributed by atoms with E-state index in [0.717, 1.165) is 23.0 Å². The van der Waals surface area contributed by atoms with Crippen LogP contribution in [0.2, 0.25) is 0 Å². The zero-order valence-electron chi connectivity index (χ0n) is 9.41. The van der Waals surface area contributed by atoms with Crippen LogP contribution in [0.4, 0.5) is 0 Å². The molecule has 0 atom stereocenters. The van der Waals surface area contributed by atoms with Crippen molar-refractivity contribution < 1.29 is 5.11 Å². The van der Waals surface area contributed by atoms with Crippen molar-refractivity contribution in [2.45, 2.75) is 25.0 Å². The highest BCUT2D eigenvalue weighted by Gasteiger charge is 2.07. The Hall–Kier alpha value is -0.990. The van der Waals surface area contributed by atoms with E-state index in [9.17, 15) is 0 Å². The Bertz CT molecular complexity index is 469. The lowest BCUT2D eigenvalue weighted by Gasteiger charge is -2.01. The quantitative estimate of drug-likeness (QED) is 0.782. The number of rotatable bonds is 6. The fraction of sp³-hybridized carbons (Fsp3) is 0.556. The third kappa shape index (κ3) is 3.24. The molecule has 2 rings (SSSR count). The van der Waals surface area contributed by atoms with E-state index < -0.39 is 0 Å². The first kappa shape index (κ1) is 12.5. The van der Waals surface area contributed by atoms with E-state index in [-0.39, 0.29) is 6.61 Å². The summed E-state index contributed by atoms with van der Waals surface area (Å²) in [5.74, 6) is 0.912. The Morgan fingerprint density at radius 3 is 3.12 bits per heavy atom. The molecule has 0 aliphatic rings. The van der Waals surface area contributed by atoms with Crippen molar-refractivity contribution in [2.24, 2.45) is 0 Å². The number of aryl methyl sites for hydroxylation is 2. The molecule has 17 heavy (non-hydrogen) atoms. The number of aliphatic hydroxyl groups excluding tert-OH is 1. The summed E-state index contributed by atoms with van der Waals surface area (Å²) in [5.41, 5.74) is 2.97. The largest absolute Gasteiger partial charge is 0.394 e. The van der Waals surface area contributed by atoms with Gasteiger partial charge in [-0.05, 0) is 23.8 Å². The van der Waals surface area contributed by atoms with E-state index in [2.05, 4.69) is 20.5 Å². The van der Waals surface area contributed by atoms with Gasteiger partial charge < -0.3 is 5.11 Å². The van der Waals surface area contributed by atoms with Crippen molar-refractivity contribution in [1.29, 1.82) is 0 Å². The van der Waals surface area contributed by atoms with E-state index in [1.807, 2.05) is 12.4 Å². The predicted molar refractivity (Wildman–Crippen MR) is 66.2 cm³/mol. The molecule has 1 N–H and O–H groups in total. The lowest BCUT2D eigenvalue weighted by molar-refractivity contribution is 0.262. The molecule has 0 saturated carbocycles. The minimum Gasteiger partial charge on any atom is -0.394 e. The average Bonchev–Trinajstić information content (AvgIpc) is 2.90. The Kier molecular flexibility index (Phi) is 4.46. The molecular weight excluding hydrogens is 258 g/mol. The second-order valence-corrected chi connectivity index (χ2v) is 5.37. The Morgan fingerprint density at radius 2 is 2.41 bits per heavy atom. The third-order valence-electron chi connectivity index (χ3n) is 2.22. The van der Waals surface area contributed by atoms with Crippen LogP contribution in [0.15, 0.2) is 10.7 Å². The standard InChI is InChI=1S/C9H13N5OS2/c1-7-8(17-6-10-7)2-5-16-9-11-12-13-14(9)3-4-15/h6,15H,2-5H2,1H3. The molecule has 0 saturated heterocycles. The van der Waals surface area contributed by atoms with E-state index >= 15 is 0 Å². The van der Waals surface area contributed by atoms with Gasteiger partial charge in [-0.1, -0.05) is 11.8 Å². The Labute approximate surface area is 107 Å². The van der Waals surface area contributed by atoms with Gasteiger partial charge in [-0.2, -0.15) is 0 Å². The number of thiazole rings is 1. The Balaban J connectivity index is 1.86. The molecule has 0 bridgehead atoms. The number of tetrazole rings is 1. The van der Waals surface area contributed by atoms with Crippen molar-refractivity contribution in [2.75, 3.05) is 12.4 Å². The maximum Gasteiger partial charge on any atom is 0.209 e. The monoisotopic (exact) mass is 271 g/mol. The second-order valence-electron chi connectivity index (χ2n) is 3.37. The van der Waals surface area contributed by atoms with Gasteiger partial charge in [0.1, 0.15) is 0 Å². The molecule has 0 amide bonds. The lowest BCUT2D eigenvalue weighted by atomic mass is 10.3. The number of hydrogen-bond acceptors (Lipinski definition) is 7. The average molecular weight is 271 g/mol. The van der Waals surface area contributed by atoms with Gasteiger partial charge in [0.2, 0.25) is 5.16 Å². The molecule has 2 aromatic heterocycles. The first-order chi connectivity index (χ1) is 8.31. The minimum atomic E-state index is 0.0482. The van der Waals surface area contributed by atoms with Crippen LogP contribution >= 0.6 is 23.1 Å². The van der Waals surface area contributed by atoms with Gasteiger partial charge in [0.05, 0.1) is 24.4 Å². The van der Waals surface area contributed by atoms with Crippen LogP contribution in [-0.4, -0.2) is 42.7 Å². The van der Waals surface area contributed by atoms with Crippen LogP contribution in [0.5, 0.6) is 0 Å². The van der Waals surface area contributed by atoms with Crippen molar-refractivity contribution in [1.82, 2.24) is 25.2 Å². The van der Waals surface area contributed by atoms with Crippen LogP contribution in [0.1, 0.15) is 10.6 Å². The van der Waals surface area contributed by atoms with E-state index in [1.165, 1.54) is 4.88 Å². The van der Waals surface area contributed by atoms with Crippen LogP contribution in [0, 0.1) is 6.92 Å². The zero-order valence-corrected chi connectivity index (χ0v) is 11.0. The maximum absolute atomic E-state index is 8.84. The van der Waals surface area contributed by atoms with Crippen LogP contribution in [0.3, 0.4) is 0 Å². The molecular formula is C9H13N5OS2. The predicted octanol–water partition coefficient (Wildman–Crippen LogP) is 0.765. The van der Waals surface area contributed by atoms with Crippen LogP contribution < -0.4 is 0 Å². The molecule has 2 aromatic rings. The molecule has 92 valence electrons. The molecule has 2 heterocycles. The number of thioether (sulfide) groups is 1. The molecule has 0 aliphatic carbocycles. The van der Waals surface area contributed by atoms with Crippen molar-refractivity contribution in [3.63, 3.8) is 0 Å². The molecule has 0 radical (unpaired) electrons. The smallest absolute Gasteiger partial charge is 0.209 e. The van der Waals surface area contributed by atoms with E-state index in [1.54, 1.807) is 27.8 Å². The first-order valence-electron chi connectivity index (χ1n) is 5.20. The van der Waals surface area contributed by atoms with Gasteiger partial charge >= 0.3 is 0 Å². The summed E-state index contributed by atoms with van der Waals surface area (Å²) in [7, 11) is 0. The zero-order chi connectivity index (χ0) is 12.1. The van der Waals surface area contributed by atoms with Gasteiger partial charge in [-0.3, -0.25) is 0 Å². The summed E-state index contributed by atoms with van der Waals surface area (Å²) in [4.78, 5) is 5.51. The van der Waals surface area contributed by atoms with E-state index in [4.69, 9.17) is 5.11 Å². The molecule has 0 fully saturated rings. The van der Waals surface area contributed by atoms with Crippen molar-refractivity contribution >= 4 is 23.1 Å². The molecule has 8 heteroatoms. The van der Waals surface area contributed by atoms with E-state index in [0.29, 0.717) is 6.54 Å². The second kappa shape index (κ2) is 6.08. The van der Waals surface area contributed by atoms with Gasteiger partial charge in [0.15, 0.2) is 0 Å². The number of aliphatic hydroxyl groups is 1. The van der Waals surface area contributed by atoms with Crippen molar-refractivity contribution in [3.8, 4) is 0 Å². The summed E-state index contributed by atoms with van der Waals surface area (Å²) >= 11 is 3.27. The van der Waals surface area contributed by atoms with Crippen molar-refractivity contribution in [3.05, 3.63) is 16.1 Å². The summed E-state index contributed by atoms with van der Waals surface area (Å²) < 4.78 is 1.62. The molecule has 0 aromatic carbocycles. The van der Waals surface area contributed by atoms with Crippen LogP contribution in [-0.2, 0) is 13.0 Å². The molecule has 0 aliphatic heterocycles. The maximum atomic E-state index is 8.84. The third-order valence-corrected chi connectivity index (χ3v) is 4.17. The normalized spacial score (nSPS) is 10.9. The van der Waals surface area contributed by atoms with Gasteiger partial charge in [0.25, 0.3) is 0 Å². The number of aromatic nitrogens is 5. The highest BCUT2D eigenvalue weighted by molar-refractivity contribution is 7.99. The number of nitrogens with zero attached hydrogens (tertiary/aromatic N) is 5. The molecule has 0 unspecified atom stereocenters. The summed E-state index contributed by atoms with van der Waals surface area (Å²) in [6.45, 7) is 2.51. The van der Waals surface area contributed by atoms with Gasteiger partial charge in [0, 0.05) is 10.6 Å². The topological polar surface area (TPSA) is 76.7 Å². The molecule has 6 nitrogen and oxygen atoms in total. The van der Waals surface area contributed by atoms with Gasteiger partial charge in [-0.25, -0.2) is 9.67 Å². The minimum absolute atomic E-state index is 0.0482. The summed E-state index contributed by atoms with van der Waals surface area (Å²) in [5, 5.41) is 20.9. The summed E-state index contributed by atoms with van der Waals surface area (Å²) in [6.07, 6.45) is 0.965. The molecule has 0 spiro atoms. The fourth-order valence-corrected chi connectivity index (χ4v) is 3.11. The summed E-state index contributed by atoms with van der Waals surface area (Å²) in [6, 6.07) is 0. The van der Waals surface area contributed by atoms with Crippen LogP contribution in [0.25, 0.3) is 0 Å².